The van der Waals surface area contributed by atoms with E-state index in [2.05, 4.69) is 5.32 Å². The van der Waals surface area contributed by atoms with E-state index in [-0.39, 0.29) is 34.8 Å². The van der Waals surface area contributed by atoms with Crippen molar-refractivity contribution >= 4 is 27.5 Å². The Kier molecular flexibility index (Phi) is 10.7. The lowest BCUT2D eigenvalue weighted by Crippen LogP contribution is -2.53. The number of ether oxygens (including phenoxy) is 2. The maximum Gasteiger partial charge on any atom is 0.264 e. The second-order valence-corrected chi connectivity index (χ2v) is 11.5. The molecule has 0 unspecified atom stereocenters. The highest BCUT2D eigenvalue weighted by molar-refractivity contribution is 7.92. The zero-order chi connectivity index (χ0) is 30.2. The average molecular weight is 586 g/mol. The van der Waals surface area contributed by atoms with E-state index >= 15 is 0 Å². The van der Waals surface area contributed by atoms with E-state index in [0.29, 0.717) is 12.2 Å². The molecule has 0 aliphatic carbocycles. The summed E-state index contributed by atoms with van der Waals surface area (Å²) in [5, 5.41) is 2.81. The fraction of sp³-hybridized carbons (Fsp3) is 0.333. The van der Waals surface area contributed by atoms with E-state index in [1.165, 1.54) is 49.5 Å². The number of hydrogen-bond donors (Lipinski definition) is 1. The fourth-order valence-electron chi connectivity index (χ4n) is 4.22. The van der Waals surface area contributed by atoms with Gasteiger partial charge >= 0.3 is 0 Å². The number of methoxy groups -OCH3 is 2. The Balaban J connectivity index is 2.02. The van der Waals surface area contributed by atoms with Crippen molar-refractivity contribution in [3.8, 4) is 11.5 Å². The molecule has 0 spiro atoms. The normalized spacial score (nSPS) is 12.0. The molecule has 0 fully saturated rings. The van der Waals surface area contributed by atoms with Crippen molar-refractivity contribution in [1.29, 1.82) is 0 Å². The summed E-state index contributed by atoms with van der Waals surface area (Å²) >= 11 is 0. The first-order valence-electron chi connectivity index (χ1n) is 13.1. The minimum atomic E-state index is -4.36. The lowest BCUT2D eigenvalue weighted by atomic mass is 10.1. The van der Waals surface area contributed by atoms with Crippen LogP contribution in [0.3, 0.4) is 0 Å². The minimum Gasteiger partial charge on any atom is -0.493 e. The summed E-state index contributed by atoms with van der Waals surface area (Å²) in [6.07, 6.45) is 0.449. The molecule has 3 rings (SSSR count). The van der Waals surface area contributed by atoms with E-state index in [9.17, 15) is 22.4 Å². The second kappa shape index (κ2) is 14.0. The van der Waals surface area contributed by atoms with Crippen molar-refractivity contribution in [2.45, 2.75) is 44.2 Å². The Morgan fingerprint density at radius 2 is 1.54 bits per heavy atom. The van der Waals surface area contributed by atoms with E-state index < -0.39 is 34.3 Å². The molecule has 3 aromatic carbocycles. The van der Waals surface area contributed by atoms with Gasteiger partial charge in [-0.3, -0.25) is 13.9 Å². The molecule has 9 nitrogen and oxygen atoms in total. The lowest BCUT2D eigenvalue weighted by molar-refractivity contribution is -0.139. The first kappa shape index (κ1) is 31.4. The van der Waals surface area contributed by atoms with Crippen molar-refractivity contribution in [3.05, 3.63) is 84.2 Å². The highest BCUT2D eigenvalue weighted by atomic mass is 32.2. The van der Waals surface area contributed by atoms with Crippen LogP contribution in [0.2, 0.25) is 0 Å². The molecule has 11 heteroatoms. The van der Waals surface area contributed by atoms with Crippen LogP contribution in [0, 0.1) is 5.82 Å². The van der Waals surface area contributed by atoms with Gasteiger partial charge < -0.3 is 19.7 Å². The summed E-state index contributed by atoms with van der Waals surface area (Å²) in [6.45, 7) is 4.77. The molecular formula is C30H36FN3O6S. The van der Waals surface area contributed by atoms with E-state index in [1.807, 2.05) is 44.2 Å². The summed E-state index contributed by atoms with van der Waals surface area (Å²) in [4.78, 5) is 28.0. The van der Waals surface area contributed by atoms with Crippen LogP contribution in [0.5, 0.6) is 11.5 Å². The van der Waals surface area contributed by atoms with Gasteiger partial charge in [-0.15, -0.1) is 0 Å². The van der Waals surface area contributed by atoms with Gasteiger partial charge in [0.25, 0.3) is 10.0 Å². The van der Waals surface area contributed by atoms with Crippen LogP contribution < -0.4 is 19.1 Å². The fourth-order valence-corrected chi connectivity index (χ4v) is 5.65. The van der Waals surface area contributed by atoms with Gasteiger partial charge in [0.05, 0.1) is 24.8 Å². The van der Waals surface area contributed by atoms with Crippen LogP contribution in [0.1, 0.15) is 26.3 Å². The molecule has 0 aliphatic rings. The van der Waals surface area contributed by atoms with Gasteiger partial charge in [0.1, 0.15) is 18.4 Å². The predicted molar refractivity (Wildman–Crippen MR) is 155 cm³/mol. The molecule has 2 amide bonds. The summed E-state index contributed by atoms with van der Waals surface area (Å²) in [7, 11) is -1.55. The Labute approximate surface area is 240 Å². The number of nitrogens with one attached hydrogen (secondary N) is 1. The first-order chi connectivity index (χ1) is 19.5. The monoisotopic (exact) mass is 585 g/mol. The number of nitrogens with zero attached hydrogens (tertiary/aromatic N) is 2. The second-order valence-electron chi connectivity index (χ2n) is 9.67. The van der Waals surface area contributed by atoms with Crippen LogP contribution >= 0.6 is 0 Å². The van der Waals surface area contributed by atoms with Gasteiger partial charge in [-0.1, -0.05) is 30.3 Å². The minimum absolute atomic E-state index is 0.0804. The molecule has 1 N–H and O–H groups in total. The number of rotatable bonds is 13. The number of halogens is 1. The number of carbonyl (C=O) groups excluding carboxylic acids is 2. The van der Waals surface area contributed by atoms with E-state index in [0.717, 1.165) is 22.0 Å². The topological polar surface area (TPSA) is 105 Å². The molecule has 0 bridgehead atoms. The molecule has 0 aliphatic heterocycles. The number of anilines is 1. The van der Waals surface area contributed by atoms with Gasteiger partial charge in [0.2, 0.25) is 11.8 Å². The zero-order valence-electron chi connectivity index (χ0n) is 23.8. The van der Waals surface area contributed by atoms with Gasteiger partial charge in [-0.2, -0.15) is 0 Å². The molecule has 0 aromatic heterocycles. The predicted octanol–water partition coefficient (Wildman–Crippen LogP) is 4.02. The highest BCUT2D eigenvalue weighted by Gasteiger charge is 2.33. The van der Waals surface area contributed by atoms with Crippen LogP contribution in [0.4, 0.5) is 10.1 Å². The van der Waals surface area contributed by atoms with Gasteiger partial charge in [0, 0.05) is 18.7 Å². The maximum absolute atomic E-state index is 14.0. The Morgan fingerprint density at radius 1 is 0.902 bits per heavy atom. The largest absolute Gasteiger partial charge is 0.493 e. The summed E-state index contributed by atoms with van der Waals surface area (Å²) in [5.41, 5.74) is 1.03. The summed E-state index contributed by atoms with van der Waals surface area (Å²) < 4.78 is 53.1. The van der Waals surface area contributed by atoms with Crippen molar-refractivity contribution in [2.75, 3.05) is 31.6 Å². The molecule has 0 saturated heterocycles. The van der Waals surface area contributed by atoms with Crippen molar-refractivity contribution in [3.63, 3.8) is 0 Å². The van der Waals surface area contributed by atoms with E-state index in [4.69, 9.17) is 9.47 Å². The molecular weight excluding hydrogens is 549 g/mol. The number of sulfonamides is 1. The third-order valence-corrected chi connectivity index (χ3v) is 8.19. The third kappa shape index (κ3) is 7.97. The SMILES string of the molecule is COc1ccc(S(=O)(=O)N(CC(=O)N(CCc2ccccc2)[C@H](C)C(=O)NC(C)C)c2ccc(F)cc2)cc1OC. The Morgan fingerprint density at radius 3 is 2.12 bits per heavy atom. The summed E-state index contributed by atoms with van der Waals surface area (Å²) in [6, 6.07) is 17.3. The quantitative estimate of drug-likeness (QED) is 0.325. The highest BCUT2D eigenvalue weighted by Crippen LogP contribution is 2.32. The van der Waals surface area contributed by atoms with Crippen LogP contribution in [-0.4, -0.2) is 64.5 Å². The first-order valence-corrected chi connectivity index (χ1v) is 14.6. The summed E-state index contributed by atoms with van der Waals surface area (Å²) in [5.74, 6) is -1.01. The Hall–Kier alpha value is -4.12. The maximum atomic E-state index is 14.0. The molecule has 1 atom stereocenters. The lowest BCUT2D eigenvalue weighted by Gasteiger charge is -2.32. The smallest absolute Gasteiger partial charge is 0.264 e. The Bertz CT molecular complexity index is 1430. The number of hydrogen-bond acceptors (Lipinski definition) is 6. The number of benzene rings is 3. The standard InChI is InChI=1S/C30H36FN3O6S/c1-21(2)32-30(36)22(3)33(18-17-23-9-7-6-8-10-23)29(35)20-34(25-13-11-24(31)12-14-25)41(37,38)26-15-16-27(39-4)28(19-26)40-5/h6-16,19,21-22H,17-18,20H2,1-5H3,(H,32,36)/t22-/m1/s1. The van der Waals surface area contributed by atoms with Crippen molar-refractivity contribution in [2.24, 2.45) is 0 Å². The molecule has 0 radical (unpaired) electrons. The molecule has 0 heterocycles. The molecule has 3 aromatic rings. The third-order valence-electron chi connectivity index (χ3n) is 6.42. The number of carbonyl (C=O) groups is 2. The van der Waals surface area contributed by atoms with Crippen molar-refractivity contribution < 1.29 is 31.9 Å². The van der Waals surface area contributed by atoms with E-state index in [1.54, 1.807) is 6.92 Å². The van der Waals surface area contributed by atoms with Gasteiger partial charge in [-0.25, -0.2) is 12.8 Å². The molecule has 0 saturated carbocycles. The van der Waals surface area contributed by atoms with Crippen LogP contribution in [0.25, 0.3) is 0 Å². The molecule has 220 valence electrons. The number of amides is 2. The average Bonchev–Trinajstić information content (AvgIpc) is 2.96. The zero-order valence-corrected chi connectivity index (χ0v) is 24.7. The van der Waals surface area contributed by atoms with Gasteiger partial charge in [0.15, 0.2) is 11.5 Å². The van der Waals surface area contributed by atoms with Crippen LogP contribution in [0.15, 0.2) is 77.7 Å². The van der Waals surface area contributed by atoms with Crippen molar-refractivity contribution in [1.82, 2.24) is 10.2 Å². The van der Waals surface area contributed by atoms with Crippen LogP contribution in [-0.2, 0) is 26.0 Å². The molecule has 41 heavy (non-hydrogen) atoms. The van der Waals surface area contributed by atoms with Gasteiger partial charge in [-0.05, 0) is 69.2 Å².